The summed E-state index contributed by atoms with van der Waals surface area (Å²) in [6.07, 6.45) is 0. The summed E-state index contributed by atoms with van der Waals surface area (Å²) < 4.78 is 0.818. The van der Waals surface area contributed by atoms with Crippen LogP contribution >= 0.6 is 15.9 Å². The van der Waals surface area contributed by atoms with E-state index in [1.807, 2.05) is 6.07 Å². The molecule has 0 unspecified atom stereocenters. The first-order valence-corrected chi connectivity index (χ1v) is 5.66. The molecule has 1 aromatic rings. The maximum Gasteiger partial charge on any atom is 0.329 e. The fraction of sp³-hybridized carbons (Fsp3) is 0.182. The van der Waals surface area contributed by atoms with E-state index < -0.39 is 11.8 Å². The van der Waals surface area contributed by atoms with Gasteiger partial charge in [0.2, 0.25) is 0 Å². The highest BCUT2D eigenvalue weighted by Gasteiger charge is 2.12. The molecule has 0 aromatic heterocycles. The molecule has 0 aliphatic rings. The van der Waals surface area contributed by atoms with Gasteiger partial charge in [-0.25, -0.2) is 5.43 Å². The molecule has 0 spiro atoms. The number of amides is 2. The number of carbonyl (C=O) groups excluding carboxylic acids is 2. The number of benzene rings is 1. The van der Waals surface area contributed by atoms with Gasteiger partial charge in [0.25, 0.3) is 0 Å². The van der Waals surface area contributed by atoms with E-state index in [1.54, 1.807) is 32.0 Å². The molecule has 90 valence electrons. The molecule has 1 rings (SSSR count). The molecule has 0 saturated carbocycles. The summed E-state index contributed by atoms with van der Waals surface area (Å²) in [6, 6.07) is 6.95. The second-order valence-electron chi connectivity index (χ2n) is 3.46. The van der Waals surface area contributed by atoms with Gasteiger partial charge in [-0.3, -0.25) is 9.59 Å². The van der Waals surface area contributed by atoms with Gasteiger partial charge >= 0.3 is 11.8 Å². The summed E-state index contributed by atoms with van der Waals surface area (Å²) in [4.78, 5) is 22.7. The van der Waals surface area contributed by atoms with Crippen LogP contribution in [0.25, 0.3) is 0 Å². The van der Waals surface area contributed by atoms with Crippen molar-refractivity contribution in [3.63, 3.8) is 0 Å². The van der Waals surface area contributed by atoms with Gasteiger partial charge in [0.1, 0.15) is 0 Å². The lowest BCUT2D eigenvalue weighted by Gasteiger charge is -2.04. The third kappa shape index (κ3) is 4.78. The number of nitrogens with zero attached hydrogens (tertiary/aromatic N) is 1. The lowest BCUT2D eigenvalue weighted by molar-refractivity contribution is -0.136. The van der Waals surface area contributed by atoms with Gasteiger partial charge in [0, 0.05) is 15.9 Å². The zero-order chi connectivity index (χ0) is 12.8. The third-order valence-corrected chi connectivity index (χ3v) is 2.16. The van der Waals surface area contributed by atoms with Crippen LogP contribution in [0.1, 0.15) is 13.8 Å². The number of hydrogen-bond donors (Lipinski definition) is 2. The molecule has 0 saturated heterocycles. The van der Waals surface area contributed by atoms with Crippen molar-refractivity contribution in [1.29, 1.82) is 0 Å². The summed E-state index contributed by atoms with van der Waals surface area (Å²) in [5.74, 6) is -1.56. The number of carbonyl (C=O) groups is 2. The van der Waals surface area contributed by atoms with Crippen molar-refractivity contribution in [2.45, 2.75) is 13.8 Å². The molecule has 0 atom stereocenters. The molecule has 17 heavy (non-hydrogen) atoms. The molecule has 1 aromatic carbocycles. The van der Waals surface area contributed by atoms with Crippen LogP contribution in [-0.2, 0) is 9.59 Å². The number of hydrazone groups is 1. The smallest absolute Gasteiger partial charge is 0.318 e. The Bertz CT molecular complexity index is 468. The van der Waals surface area contributed by atoms with Crippen LogP contribution in [0, 0.1) is 0 Å². The van der Waals surface area contributed by atoms with Crippen molar-refractivity contribution in [3.8, 4) is 0 Å². The Kier molecular flexibility index (Phi) is 4.84. The van der Waals surface area contributed by atoms with Crippen molar-refractivity contribution < 1.29 is 9.59 Å². The Morgan fingerprint density at radius 3 is 2.53 bits per heavy atom. The van der Waals surface area contributed by atoms with Crippen molar-refractivity contribution in [2.24, 2.45) is 5.10 Å². The summed E-state index contributed by atoms with van der Waals surface area (Å²) >= 11 is 3.27. The van der Waals surface area contributed by atoms with E-state index in [1.165, 1.54) is 0 Å². The lowest BCUT2D eigenvalue weighted by atomic mass is 10.3. The molecular formula is C11H12BrN3O2. The summed E-state index contributed by atoms with van der Waals surface area (Å²) in [7, 11) is 0. The van der Waals surface area contributed by atoms with Gasteiger partial charge in [-0.05, 0) is 32.0 Å². The Hall–Kier alpha value is -1.69. The number of anilines is 1. The molecule has 0 radical (unpaired) electrons. The highest BCUT2D eigenvalue weighted by Crippen LogP contribution is 2.15. The topological polar surface area (TPSA) is 70.6 Å². The monoisotopic (exact) mass is 297 g/mol. The molecule has 5 nitrogen and oxygen atoms in total. The standard InChI is InChI=1S/C11H12BrN3O2/c1-7(2)14-15-11(17)10(16)13-9-5-3-4-8(12)6-9/h3-6H,1-2H3,(H,13,16)(H,15,17). The van der Waals surface area contributed by atoms with Crippen molar-refractivity contribution >= 4 is 39.1 Å². The molecule has 0 bridgehead atoms. The average molecular weight is 298 g/mol. The minimum Gasteiger partial charge on any atom is -0.318 e. The highest BCUT2D eigenvalue weighted by molar-refractivity contribution is 9.10. The fourth-order valence-corrected chi connectivity index (χ4v) is 1.37. The zero-order valence-corrected chi connectivity index (χ0v) is 11.0. The van der Waals surface area contributed by atoms with Gasteiger partial charge in [0.15, 0.2) is 0 Å². The highest BCUT2D eigenvalue weighted by atomic mass is 79.9. The minimum atomic E-state index is -0.800. The van der Waals surface area contributed by atoms with E-state index in [-0.39, 0.29) is 0 Å². The van der Waals surface area contributed by atoms with Crippen molar-refractivity contribution in [2.75, 3.05) is 5.32 Å². The predicted octanol–water partition coefficient (Wildman–Crippen LogP) is 1.90. The molecule has 0 aliphatic carbocycles. The molecule has 6 heteroatoms. The molecular weight excluding hydrogens is 286 g/mol. The second kappa shape index (κ2) is 6.15. The molecule has 2 N–H and O–H groups in total. The molecule has 2 amide bonds. The first kappa shape index (κ1) is 13.4. The number of nitrogens with one attached hydrogen (secondary N) is 2. The van der Waals surface area contributed by atoms with E-state index in [0.717, 1.165) is 4.47 Å². The van der Waals surface area contributed by atoms with Gasteiger partial charge in [0.05, 0.1) is 0 Å². The van der Waals surface area contributed by atoms with Crippen LogP contribution in [0.3, 0.4) is 0 Å². The number of hydrogen-bond acceptors (Lipinski definition) is 3. The quantitative estimate of drug-likeness (QED) is 0.497. The first-order valence-electron chi connectivity index (χ1n) is 4.87. The third-order valence-electron chi connectivity index (χ3n) is 1.67. The largest absolute Gasteiger partial charge is 0.329 e. The van der Waals surface area contributed by atoms with Gasteiger partial charge < -0.3 is 5.32 Å². The summed E-state index contributed by atoms with van der Waals surface area (Å²) in [5.41, 5.74) is 3.34. The number of rotatable bonds is 2. The van der Waals surface area contributed by atoms with E-state index >= 15 is 0 Å². The molecule has 0 aliphatic heterocycles. The van der Waals surface area contributed by atoms with Crippen LogP contribution in [0.4, 0.5) is 5.69 Å². The van der Waals surface area contributed by atoms with Crippen LogP contribution < -0.4 is 10.7 Å². The SMILES string of the molecule is CC(C)=NNC(=O)C(=O)Nc1cccc(Br)c1. The predicted molar refractivity (Wildman–Crippen MR) is 69.7 cm³/mol. The maximum absolute atomic E-state index is 11.4. The van der Waals surface area contributed by atoms with E-state index in [4.69, 9.17) is 0 Å². The van der Waals surface area contributed by atoms with Crippen LogP contribution in [0.2, 0.25) is 0 Å². The number of halogens is 1. The van der Waals surface area contributed by atoms with E-state index in [2.05, 4.69) is 31.8 Å². The Morgan fingerprint density at radius 2 is 1.94 bits per heavy atom. The Balaban J connectivity index is 2.60. The van der Waals surface area contributed by atoms with Gasteiger partial charge in [-0.2, -0.15) is 5.10 Å². The first-order chi connectivity index (χ1) is 7.99. The summed E-state index contributed by atoms with van der Waals surface area (Å²) in [6.45, 7) is 3.43. The molecule has 0 heterocycles. The average Bonchev–Trinajstić information content (AvgIpc) is 2.25. The van der Waals surface area contributed by atoms with Crippen molar-refractivity contribution in [1.82, 2.24) is 5.43 Å². The second-order valence-corrected chi connectivity index (χ2v) is 4.38. The Labute approximate surface area is 107 Å². The normalized spacial score (nSPS) is 9.35. The van der Waals surface area contributed by atoms with Crippen molar-refractivity contribution in [3.05, 3.63) is 28.7 Å². The van der Waals surface area contributed by atoms with Crippen LogP contribution in [0.15, 0.2) is 33.8 Å². The van der Waals surface area contributed by atoms with Crippen LogP contribution in [-0.4, -0.2) is 17.5 Å². The summed E-state index contributed by atoms with van der Waals surface area (Å²) in [5, 5.41) is 6.11. The van der Waals surface area contributed by atoms with Gasteiger partial charge in [-0.1, -0.05) is 22.0 Å². The van der Waals surface area contributed by atoms with E-state index in [0.29, 0.717) is 11.4 Å². The van der Waals surface area contributed by atoms with E-state index in [9.17, 15) is 9.59 Å². The van der Waals surface area contributed by atoms with Gasteiger partial charge in [-0.15, -0.1) is 0 Å². The molecule has 0 fully saturated rings. The fourth-order valence-electron chi connectivity index (χ4n) is 0.967. The maximum atomic E-state index is 11.4. The Morgan fingerprint density at radius 1 is 1.24 bits per heavy atom. The van der Waals surface area contributed by atoms with Crippen LogP contribution in [0.5, 0.6) is 0 Å². The minimum absolute atomic E-state index is 0.539. The lowest BCUT2D eigenvalue weighted by Crippen LogP contribution is -2.32. The zero-order valence-electron chi connectivity index (χ0n) is 9.45.